The second kappa shape index (κ2) is 4.24. The molecule has 1 saturated carbocycles. The van der Waals surface area contributed by atoms with Gasteiger partial charge in [-0.25, -0.2) is 0 Å². The van der Waals surface area contributed by atoms with Gasteiger partial charge in [0.1, 0.15) is 0 Å². The van der Waals surface area contributed by atoms with Crippen molar-refractivity contribution < 1.29 is 4.74 Å². The summed E-state index contributed by atoms with van der Waals surface area (Å²) >= 11 is 0. The van der Waals surface area contributed by atoms with Gasteiger partial charge in [0, 0.05) is 13.7 Å². The molecule has 0 aliphatic heterocycles. The summed E-state index contributed by atoms with van der Waals surface area (Å²) in [6.45, 7) is 2.92. The lowest BCUT2D eigenvalue weighted by Crippen LogP contribution is -2.46. The molecule has 0 saturated heterocycles. The molecule has 0 amide bonds. The van der Waals surface area contributed by atoms with Gasteiger partial charge in [-0.05, 0) is 24.7 Å². The van der Waals surface area contributed by atoms with Gasteiger partial charge >= 0.3 is 0 Å². The molecule has 1 rings (SSSR count). The number of methoxy groups -OCH3 is 1. The van der Waals surface area contributed by atoms with Gasteiger partial charge in [-0.2, -0.15) is 0 Å². The molecule has 2 nitrogen and oxygen atoms in total. The number of hydrogen-bond acceptors (Lipinski definition) is 2. The smallest absolute Gasteiger partial charge is 0.0749 e. The summed E-state index contributed by atoms with van der Waals surface area (Å²) in [6, 6.07) is 0. The fraction of sp³-hybridized carbons (Fsp3) is 1.00. The Morgan fingerprint density at radius 3 is 2.42 bits per heavy atom. The minimum absolute atomic E-state index is 0.297. The fourth-order valence-corrected chi connectivity index (χ4v) is 2.46. The zero-order chi connectivity index (χ0) is 9.03. The van der Waals surface area contributed by atoms with Crippen molar-refractivity contribution in [1.29, 1.82) is 0 Å². The summed E-state index contributed by atoms with van der Waals surface area (Å²) in [5, 5.41) is 0. The maximum atomic E-state index is 5.68. The van der Waals surface area contributed by atoms with Gasteiger partial charge in [0.2, 0.25) is 0 Å². The third kappa shape index (κ3) is 1.64. The molecular formula is C10H21NO. The standard InChI is InChI=1S/C10H21NO/c1-3-5-10(6-4-7-10)9(8-11)12-2/h9H,3-8,11H2,1-2H3. The van der Waals surface area contributed by atoms with Crippen molar-refractivity contribution >= 4 is 0 Å². The van der Waals surface area contributed by atoms with Crippen molar-refractivity contribution in [2.75, 3.05) is 13.7 Å². The van der Waals surface area contributed by atoms with Gasteiger partial charge in [-0.1, -0.05) is 19.8 Å². The van der Waals surface area contributed by atoms with Crippen LogP contribution in [0.2, 0.25) is 0 Å². The Kier molecular flexibility index (Phi) is 3.53. The Morgan fingerprint density at radius 2 is 2.17 bits per heavy atom. The van der Waals surface area contributed by atoms with Crippen LogP contribution >= 0.6 is 0 Å². The van der Waals surface area contributed by atoms with Crippen molar-refractivity contribution in [2.24, 2.45) is 11.1 Å². The van der Waals surface area contributed by atoms with E-state index in [9.17, 15) is 0 Å². The molecule has 0 aromatic carbocycles. The lowest BCUT2D eigenvalue weighted by molar-refractivity contribution is -0.0609. The molecule has 0 aromatic heterocycles. The number of ether oxygens (including phenoxy) is 1. The Bertz CT molecular complexity index is 128. The molecule has 1 fully saturated rings. The Morgan fingerprint density at radius 1 is 1.50 bits per heavy atom. The highest BCUT2D eigenvalue weighted by molar-refractivity contribution is 4.94. The second-order valence-corrected chi connectivity index (χ2v) is 3.93. The first-order chi connectivity index (χ1) is 5.79. The Labute approximate surface area is 75.5 Å². The van der Waals surface area contributed by atoms with Gasteiger partial charge < -0.3 is 10.5 Å². The quantitative estimate of drug-likeness (QED) is 0.686. The molecule has 1 atom stereocenters. The molecule has 0 heterocycles. The monoisotopic (exact) mass is 171 g/mol. The topological polar surface area (TPSA) is 35.2 Å². The first-order valence-corrected chi connectivity index (χ1v) is 5.02. The SMILES string of the molecule is CCCC1(C(CN)OC)CCC1. The third-order valence-corrected chi connectivity index (χ3v) is 3.28. The molecule has 0 aromatic rings. The largest absolute Gasteiger partial charge is 0.380 e. The molecule has 0 radical (unpaired) electrons. The van der Waals surface area contributed by atoms with E-state index in [-0.39, 0.29) is 0 Å². The predicted molar refractivity (Wildman–Crippen MR) is 51.0 cm³/mol. The van der Waals surface area contributed by atoms with Crippen LogP contribution in [-0.4, -0.2) is 19.8 Å². The second-order valence-electron chi connectivity index (χ2n) is 3.93. The van der Waals surface area contributed by atoms with Crippen molar-refractivity contribution in [3.63, 3.8) is 0 Å². The van der Waals surface area contributed by atoms with Crippen LogP contribution < -0.4 is 5.73 Å². The van der Waals surface area contributed by atoms with E-state index >= 15 is 0 Å². The normalized spacial score (nSPS) is 23.2. The van der Waals surface area contributed by atoms with E-state index in [4.69, 9.17) is 10.5 Å². The van der Waals surface area contributed by atoms with Gasteiger partial charge in [0.25, 0.3) is 0 Å². The lowest BCUT2D eigenvalue weighted by atomic mass is 9.62. The molecule has 1 unspecified atom stereocenters. The predicted octanol–water partition coefficient (Wildman–Crippen LogP) is 1.93. The van der Waals surface area contributed by atoms with Crippen molar-refractivity contribution in [3.8, 4) is 0 Å². The molecule has 1 aliphatic rings. The minimum Gasteiger partial charge on any atom is -0.380 e. The van der Waals surface area contributed by atoms with Gasteiger partial charge in [-0.15, -0.1) is 0 Å². The highest BCUT2D eigenvalue weighted by Gasteiger charge is 2.42. The summed E-state index contributed by atoms with van der Waals surface area (Å²) in [6.07, 6.45) is 6.82. The van der Waals surface area contributed by atoms with Crippen LogP contribution in [0.5, 0.6) is 0 Å². The molecule has 2 N–H and O–H groups in total. The molecule has 0 spiro atoms. The van der Waals surface area contributed by atoms with E-state index in [0.29, 0.717) is 18.1 Å². The molecule has 0 bridgehead atoms. The van der Waals surface area contributed by atoms with E-state index in [2.05, 4.69) is 6.92 Å². The van der Waals surface area contributed by atoms with Gasteiger partial charge in [0.05, 0.1) is 6.10 Å². The van der Waals surface area contributed by atoms with Crippen LogP contribution in [0, 0.1) is 5.41 Å². The molecular weight excluding hydrogens is 150 g/mol. The van der Waals surface area contributed by atoms with Gasteiger partial charge in [0.15, 0.2) is 0 Å². The summed E-state index contributed by atoms with van der Waals surface area (Å²) in [4.78, 5) is 0. The molecule has 72 valence electrons. The zero-order valence-electron chi connectivity index (χ0n) is 8.31. The fourth-order valence-electron chi connectivity index (χ4n) is 2.46. The minimum atomic E-state index is 0.297. The van der Waals surface area contributed by atoms with Crippen LogP contribution in [0.4, 0.5) is 0 Å². The third-order valence-electron chi connectivity index (χ3n) is 3.28. The van der Waals surface area contributed by atoms with Crippen LogP contribution in [0.3, 0.4) is 0 Å². The van der Waals surface area contributed by atoms with Gasteiger partial charge in [-0.3, -0.25) is 0 Å². The molecule has 12 heavy (non-hydrogen) atoms. The number of hydrogen-bond donors (Lipinski definition) is 1. The highest BCUT2D eigenvalue weighted by atomic mass is 16.5. The summed E-state index contributed by atoms with van der Waals surface area (Å²) in [7, 11) is 1.78. The summed E-state index contributed by atoms with van der Waals surface area (Å²) in [5.74, 6) is 0. The van der Waals surface area contributed by atoms with Crippen LogP contribution in [-0.2, 0) is 4.74 Å². The highest BCUT2D eigenvalue weighted by Crippen LogP contribution is 2.48. The molecule has 1 aliphatic carbocycles. The van der Waals surface area contributed by atoms with E-state index in [1.165, 1.54) is 32.1 Å². The maximum Gasteiger partial charge on any atom is 0.0749 e. The average molecular weight is 171 g/mol. The first kappa shape index (κ1) is 10.0. The van der Waals surface area contributed by atoms with Crippen molar-refractivity contribution in [2.45, 2.75) is 45.1 Å². The van der Waals surface area contributed by atoms with E-state index < -0.39 is 0 Å². The zero-order valence-corrected chi connectivity index (χ0v) is 8.31. The maximum absolute atomic E-state index is 5.68. The van der Waals surface area contributed by atoms with Crippen molar-refractivity contribution in [3.05, 3.63) is 0 Å². The summed E-state index contributed by atoms with van der Waals surface area (Å²) < 4.78 is 5.43. The van der Waals surface area contributed by atoms with E-state index in [1.807, 2.05) is 0 Å². The van der Waals surface area contributed by atoms with Crippen LogP contribution in [0.1, 0.15) is 39.0 Å². The molecule has 2 heteroatoms. The first-order valence-electron chi connectivity index (χ1n) is 5.02. The van der Waals surface area contributed by atoms with Crippen LogP contribution in [0.15, 0.2) is 0 Å². The van der Waals surface area contributed by atoms with E-state index in [1.54, 1.807) is 7.11 Å². The van der Waals surface area contributed by atoms with Crippen LogP contribution in [0.25, 0.3) is 0 Å². The summed E-state index contributed by atoms with van der Waals surface area (Å²) in [5.41, 5.74) is 6.13. The Balaban J connectivity index is 2.51. The number of rotatable bonds is 5. The Hall–Kier alpha value is -0.0800. The van der Waals surface area contributed by atoms with E-state index in [0.717, 1.165) is 0 Å². The number of nitrogens with two attached hydrogens (primary N) is 1. The van der Waals surface area contributed by atoms with Crippen molar-refractivity contribution in [1.82, 2.24) is 0 Å². The average Bonchev–Trinajstić information content (AvgIpc) is 2.02. The lowest BCUT2D eigenvalue weighted by Gasteiger charge is -2.47.